The Morgan fingerprint density at radius 1 is 1.26 bits per heavy atom. The Balaban J connectivity index is 1.58. The molecule has 0 aliphatic heterocycles. The number of carbonyl (C=O) groups is 1. The van der Waals surface area contributed by atoms with Crippen molar-refractivity contribution in [3.05, 3.63) is 65.0 Å². The molecule has 0 radical (unpaired) electrons. The van der Waals surface area contributed by atoms with Crippen LogP contribution in [0.3, 0.4) is 0 Å². The van der Waals surface area contributed by atoms with E-state index in [-0.39, 0.29) is 12.5 Å². The lowest BCUT2D eigenvalue weighted by Crippen LogP contribution is -2.37. The topological polar surface area (TPSA) is 77.2 Å². The van der Waals surface area contributed by atoms with E-state index in [1.54, 1.807) is 24.3 Å². The van der Waals surface area contributed by atoms with Gasteiger partial charge in [-0.25, -0.2) is 0 Å². The molecule has 7 heteroatoms. The van der Waals surface area contributed by atoms with Crippen molar-refractivity contribution < 1.29 is 14.1 Å². The molecule has 1 aromatic heterocycles. The molecule has 0 unspecified atom stereocenters. The normalized spacial score (nSPS) is 11.8. The van der Waals surface area contributed by atoms with Crippen LogP contribution in [0.2, 0.25) is 5.02 Å². The Labute approximate surface area is 162 Å². The highest BCUT2D eigenvalue weighted by molar-refractivity contribution is 6.30. The highest BCUT2D eigenvalue weighted by Crippen LogP contribution is 2.18. The average molecular weight is 386 g/mol. The molecule has 3 rings (SSSR count). The van der Waals surface area contributed by atoms with Gasteiger partial charge >= 0.3 is 0 Å². The molecule has 0 saturated carbocycles. The molecular weight excluding hydrogens is 366 g/mol. The van der Waals surface area contributed by atoms with E-state index in [0.29, 0.717) is 28.9 Å². The van der Waals surface area contributed by atoms with Crippen LogP contribution in [0.1, 0.15) is 24.8 Å². The maximum Gasteiger partial charge on any atom is 0.261 e. The molecule has 27 heavy (non-hydrogen) atoms. The van der Waals surface area contributed by atoms with Gasteiger partial charge in [0, 0.05) is 10.6 Å². The number of carbonyl (C=O) groups excluding carboxylic acids is 1. The van der Waals surface area contributed by atoms with Crippen LogP contribution in [0.15, 0.2) is 53.1 Å². The molecule has 3 aromatic rings. The number of hydrogen-bond acceptors (Lipinski definition) is 5. The standard InChI is InChI=1S/C20H20ClN3O3/c1-3-17(26-16-9-7-15(21)8-10-16)20(25)22-12-18-23-19(24-27-18)14-6-4-5-13(2)11-14/h4-11,17H,3,12H2,1-2H3,(H,22,25)/t17-/m1/s1. The second-order valence-corrected chi connectivity index (χ2v) is 6.50. The fraction of sp³-hybridized carbons (Fsp3) is 0.250. The number of rotatable bonds is 7. The van der Waals surface area contributed by atoms with Gasteiger partial charge in [-0.3, -0.25) is 4.79 Å². The van der Waals surface area contributed by atoms with E-state index >= 15 is 0 Å². The van der Waals surface area contributed by atoms with Gasteiger partial charge in [0.15, 0.2) is 6.10 Å². The van der Waals surface area contributed by atoms with Gasteiger partial charge < -0.3 is 14.6 Å². The monoisotopic (exact) mass is 385 g/mol. The summed E-state index contributed by atoms with van der Waals surface area (Å²) in [6.45, 7) is 4.01. The number of halogens is 1. The zero-order chi connectivity index (χ0) is 19.2. The van der Waals surface area contributed by atoms with Crippen molar-refractivity contribution in [3.63, 3.8) is 0 Å². The van der Waals surface area contributed by atoms with Crippen molar-refractivity contribution in [1.29, 1.82) is 0 Å². The van der Waals surface area contributed by atoms with Crippen molar-refractivity contribution >= 4 is 17.5 Å². The van der Waals surface area contributed by atoms with Crippen LogP contribution in [0.4, 0.5) is 0 Å². The van der Waals surface area contributed by atoms with Crippen LogP contribution in [0.25, 0.3) is 11.4 Å². The van der Waals surface area contributed by atoms with Crippen LogP contribution >= 0.6 is 11.6 Å². The van der Waals surface area contributed by atoms with Crippen molar-refractivity contribution in [2.75, 3.05) is 0 Å². The zero-order valence-electron chi connectivity index (χ0n) is 15.1. The summed E-state index contributed by atoms with van der Waals surface area (Å²) in [4.78, 5) is 16.7. The highest BCUT2D eigenvalue weighted by atomic mass is 35.5. The largest absolute Gasteiger partial charge is 0.481 e. The minimum Gasteiger partial charge on any atom is -0.481 e. The highest BCUT2D eigenvalue weighted by Gasteiger charge is 2.19. The smallest absolute Gasteiger partial charge is 0.261 e. The van der Waals surface area contributed by atoms with Gasteiger partial charge in [-0.2, -0.15) is 4.98 Å². The van der Waals surface area contributed by atoms with Gasteiger partial charge in [-0.05, 0) is 43.7 Å². The van der Waals surface area contributed by atoms with Crippen molar-refractivity contribution in [2.24, 2.45) is 0 Å². The zero-order valence-corrected chi connectivity index (χ0v) is 15.9. The van der Waals surface area contributed by atoms with E-state index in [1.165, 1.54) is 0 Å². The number of ether oxygens (including phenoxy) is 1. The van der Waals surface area contributed by atoms with Crippen LogP contribution < -0.4 is 10.1 Å². The molecule has 0 saturated heterocycles. The molecule has 0 fully saturated rings. The van der Waals surface area contributed by atoms with E-state index in [2.05, 4.69) is 15.5 Å². The third kappa shape index (κ3) is 5.08. The predicted molar refractivity (Wildman–Crippen MR) is 102 cm³/mol. The van der Waals surface area contributed by atoms with E-state index in [0.717, 1.165) is 11.1 Å². The summed E-state index contributed by atoms with van der Waals surface area (Å²) in [5.74, 6) is 1.16. The third-order valence-electron chi connectivity index (χ3n) is 3.91. The molecule has 0 aliphatic rings. The Kier molecular flexibility index (Phi) is 6.08. The third-order valence-corrected chi connectivity index (χ3v) is 4.17. The van der Waals surface area contributed by atoms with Crippen LogP contribution in [-0.2, 0) is 11.3 Å². The molecule has 1 atom stereocenters. The van der Waals surface area contributed by atoms with Crippen molar-refractivity contribution in [1.82, 2.24) is 15.5 Å². The summed E-state index contributed by atoms with van der Waals surface area (Å²) in [7, 11) is 0. The number of benzene rings is 2. The van der Waals surface area contributed by atoms with Gasteiger partial charge in [0.05, 0.1) is 6.54 Å². The van der Waals surface area contributed by atoms with Crippen LogP contribution in [0, 0.1) is 6.92 Å². The first-order valence-electron chi connectivity index (χ1n) is 8.64. The van der Waals surface area contributed by atoms with E-state index in [1.807, 2.05) is 38.1 Å². The summed E-state index contributed by atoms with van der Waals surface area (Å²) in [6, 6.07) is 14.7. The van der Waals surface area contributed by atoms with Crippen molar-refractivity contribution in [3.8, 4) is 17.1 Å². The SMILES string of the molecule is CC[C@@H](Oc1ccc(Cl)cc1)C(=O)NCc1nc(-c2cccc(C)c2)no1. The maximum absolute atomic E-state index is 12.4. The molecule has 140 valence electrons. The number of amides is 1. The van der Waals surface area contributed by atoms with Crippen LogP contribution in [-0.4, -0.2) is 22.2 Å². The number of nitrogens with zero attached hydrogens (tertiary/aromatic N) is 2. The van der Waals surface area contributed by atoms with Crippen molar-refractivity contribution in [2.45, 2.75) is 32.9 Å². The lowest BCUT2D eigenvalue weighted by molar-refractivity contribution is -0.128. The van der Waals surface area contributed by atoms with E-state index < -0.39 is 6.10 Å². The molecule has 0 spiro atoms. The number of aromatic nitrogens is 2. The molecule has 0 bridgehead atoms. The van der Waals surface area contributed by atoms with Gasteiger partial charge in [-0.1, -0.05) is 47.4 Å². The Morgan fingerprint density at radius 2 is 2.04 bits per heavy atom. The first kappa shape index (κ1) is 18.9. The lowest BCUT2D eigenvalue weighted by Gasteiger charge is -2.16. The summed E-state index contributed by atoms with van der Waals surface area (Å²) >= 11 is 5.86. The van der Waals surface area contributed by atoms with Gasteiger partial charge in [0.25, 0.3) is 5.91 Å². The molecule has 1 N–H and O–H groups in total. The minimum atomic E-state index is -0.620. The Hall–Kier alpha value is -2.86. The summed E-state index contributed by atoms with van der Waals surface area (Å²) in [6.07, 6.45) is -0.0994. The summed E-state index contributed by atoms with van der Waals surface area (Å²) in [5.41, 5.74) is 1.98. The van der Waals surface area contributed by atoms with Gasteiger partial charge in [0.1, 0.15) is 5.75 Å². The first-order chi connectivity index (χ1) is 13.0. The predicted octanol–water partition coefficient (Wildman–Crippen LogP) is 4.17. The second-order valence-electron chi connectivity index (χ2n) is 6.07. The van der Waals surface area contributed by atoms with E-state index in [4.69, 9.17) is 20.9 Å². The average Bonchev–Trinajstić information content (AvgIpc) is 3.15. The fourth-order valence-corrected chi connectivity index (χ4v) is 2.63. The number of aryl methyl sites for hydroxylation is 1. The van der Waals surface area contributed by atoms with Gasteiger partial charge in [0.2, 0.25) is 11.7 Å². The maximum atomic E-state index is 12.4. The number of hydrogen-bond donors (Lipinski definition) is 1. The molecule has 2 aromatic carbocycles. The Morgan fingerprint density at radius 3 is 2.74 bits per heavy atom. The van der Waals surface area contributed by atoms with Gasteiger partial charge in [-0.15, -0.1) is 0 Å². The van der Waals surface area contributed by atoms with E-state index in [9.17, 15) is 4.79 Å². The molecule has 1 amide bonds. The quantitative estimate of drug-likeness (QED) is 0.660. The Bertz CT molecular complexity index is 909. The number of nitrogens with one attached hydrogen (secondary N) is 1. The minimum absolute atomic E-state index is 0.137. The summed E-state index contributed by atoms with van der Waals surface area (Å²) in [5, 5.41) is 7.35. The van der Waals surface area contributed by atoms with Crippen LogP contribution in [0.5, 0.6) is 5.75 Å². The second kappa shape index (κ2) is 8.68. The summed E-state index contributed by atoms with van der Waals surface area (Å²) < 4.78 is 10.9. The fourth-order valence-electron chi connectivity index (χ4n) is 2.50. The molecule has 1 heterocycles. The molecular formula is C20H20ClN3O3. The molecule has 6 nitrogen and oxygen atoms in total. The lowest BCUT2D eigenvalue weighted by atomic mass is 10.1. The molecule has 0 aliphatic carbocycles. The first-order valence-corrected chi connectivity index (χ1v) is 9.02.